The summed E-state index contributed by atoms with van der Waals surface area (Å²) in [6.07, 6.45) is 0.423. The molecule has 4 heterocycles. The fourth-order valence-corrected chi connectivity index (χ4v) is 3.81. The van der Waals surface area contributed by atoms with Crippen molar-refractivity contribution in [1.29, 1.82) is 0 Å². The molecule has 23 heavy (non-hydrogen) atoms. The molecule has 3 aromatic heterocycles. The Kier molecular flexibility index (Phi) is 3.39. The van der Waals surface area contributed by atoms with Gasteiger partial charge in [0.25, 0.3) is 0 Å². The van der Waals surface area contributed by atoms with E-state index in [-0.39, 0.29) is 11.8 Å². The third-order valence-electron chi connectivity index (χ3n) is 3.82. The normalized spacial score (nSPS) is 17.0. The molecule has 3 aromatic rings. The van der Waals surface area contributed by atoms with Gasteiger partial charge in [-0.1, -0.05) is 17.7 Å². The number of hydrogen-bond acceptors (Lipinski definition) is 5. The molecule has 116 valence electrons. The van der Waals surface area contributed by atoms with E-state index < -0.39 is 0 Å². The van der Waals surface area contributed by atoms with E-state index in [4.69, 9.17) is 11.6 Å². The number of nitrogens with one attached hydrogen (secondary N) is 1. The van der Waals surface area contributed by atoms with Gasteiger partial charge in [0.05, 0.1) is 5.69 Å². The van der Waals surface area contributed by atoms with Crippen molar-refractivity contribution in [2.45, 2.75) is 19.3 Å². The average molecular weight is 346 g/mol. The maximum atomic E-state index is 12.2. The maximum Gasteiger partial charge on any atom is 0.226 e. The Morgan fingerprint density at radius 3 is 2.91 bits per heavy atom. The first-order valence-electron chi connectivity index (χ1n) is 7.06. The number of aryl methyl sites for hydroxylation is 1. The molecule has 4 rings (SSSR count). The summed E-state index contributed by atoms with van der Waals surface area (Å²) in [5.41, 5.74) is 1.90. The van der Waals surface area contributed by atoms with Crippen molar-refractivity contribution in [1.82, 2.24) is 20.0 Å². The molecule has 1 amide bonds. The Morgan fingerprint density at radius 1 is 1.35 bits per heavy atom. The number of fused-ring (bicyclic) bond motifs is 1. The Morgan fingerprint density at radius 2 is 2.22 bits per heavy atom. The molecule has 0 aliphatic carbocycles. The lowest BCUT2D eigenvalue weighted by atomic mass is 9.91. The van der Waals surface area contributed by atoms with Gasteiger partial charge in [-0.05, 0) is 30.5 Å². The van der Waals surface area contributed by atoms with Crippen LogP contribution in [0, 0.1) is 6.92 Å². The highest BCUT2D eigenvalue weighted by Gasteiger charge is 2.33. The molecule has 0 spiro atoms. The molecule has 0 unspecified atom stereocenters. The zero-order valence-corrected chi connectivity index (χ0v) is 13.7. The summed E-state index contributed by atoms with van der Waals surface area (Å²) >= 11 is 7.44. The van der Waals surface area contributed by atoms with Gasteiger partial charge in [0, 0.05) is 22.8 Å². The van der Waals surface area contributed by atoms with Crippen molar-refractivity contribution < 1.29 is 4.79 Å². The highest BCUT2D eigenvalue weighted by Crippen LogP contribution is 2.41. The van der Waals surface area contributed by atoms with E-state index in [0.29, 0.717) is 23.2 Å². The highest BCUT2D eigenvalue weighted by atomic mass is 35.5. The Bertz CT molecular complexity index is 872. The number of rotatable bonds is 2. The van der Waals surface area contributed by atoms with E-state index in [1.807, 2.05) is 18.4 Å². The monoisotopic (exact) mass is 345 g/mol. The van der Waals surface area contributed by atoms with Gasteiger partial charge in [0.1, 0.15) is 5.82 Å². The number of aromatic nitrogens is 4. The molecule has 0 aromatic carbocycles. The van der Waals surface area contributed by atoms with Gasteiger partial charge in [-0.25, -0.2) is 0 Å². The standard InChI is InChI=1S/C15H12ClN5OS/c1-8-14-9(10-3-2-6-23-10)7-13(22)17-15(14)21(20-8)12-5-4-11(16)18-19-12/h2-6,9H,7H2,1H3,(H,17,22)/t9-/m0/s1. The molecule has 8 heteroatoms. The van der Waals surface area contributed by atoms with Crippen LogP contribution in [0.3, 0.4) is 0 Å². The first-order valence-corrected chi connectivity index (χ1v) is 8.31. The molecule has 1 aliphatic rings. The van der Waals surface area contributed by atoms with Gasteiger partial charge in [-0.3, -0.25) is 4.79 Å². The fourth-order valence-electron chi connectivity index (χ4n) is 2.87. The zero-order valence-electron chi connectivity index (χ0n) is 12.2. The molecule has 0 bridgehead atoms. The van der Waals surface area contributed by atoms with Crippen LogP contribution in [-0.2, 0) is 4.79 Å². The lowest BCUT2D eigenvalue weighted by Crippen LogP contribution is -2.24. The summed E-state index contributed by atoms with van der Waals surface area (Å²) in [4.78, 5) is 13.3. The van der Waals surface area contributed by atoms with Crippen molar-refractivity contribution in [2.75, 3.05) is 5.32 Å². The second kappa shape index (κ2) is 5.43. The van der Waals surface area contributed by atoms with Gasteiger partial charge in [0.2, 0.25) is 5.91 Å². The fraction of sp³-hybridized carbons (Fsp3) is 0.200. The summed E-state index contributed by atoms with van der Waals surface area (Å²) < 4.78 is 1.62. The molecular weight excluding hydrogens is 334 g/mol. The Balaban J connectivity index is 1.88. The van der Waals surface area contributed by atoms with Crippen LogP contribution in [0.2, 0.25) is 5.15 Å². The minimum absolute atomic E-state index is 0.0211. The summed E-state index contributed by atoms with van der Waals surface area (Å²) in [7, 11) is 0. The van der Waals surface area contributed by atoms with Gasteiger partial charge in [-0.2, -0.15) is 9.78 Å². The third-order valence-corrected chi connectivity index (χ3v) is 5.01. The molecule has 0 saturated heterocycles. The zero-order chi connectivity index (χ0) is 16.0. The van der Waals surface area contributed by atoms with Crippen LogP contribution < -0.4 is 5.32 Å². The summed E-state index contributed by atoms with van der Waals surface area (Å²) in [6.45, 7) is 1.94. The topological polar surface area (TPSA) is 72.7 Å². The van der Waals surface area contributed by atoms with Crippen LogP contribution in [0.5, 0.6) is 0 Å². The van der Waals surface area contributed by atoms with Crippen LogP contribution in [0.25, 0.3) is 5.82 Å². The first-order chi connectivity index (χ1) is 11.1. The van der Waals surface area contributed by atoms with Crippen LogP contribution in [0.15, 0.2) is 29.6 Å². The summed E-state index contributed by atoms with van der Waals surface area (Å²) in [5.74, 6) is 1.17. The van der Waals surface area contributed by atoms with Crippen LogP contribution in [0.4, 0.5) is 5.82 Å². The van der Waals surface area contributed by atoms with E-state index in [1.54, 1.807) is 28.2 Å². The van der Waals surface area contributed by atoms with Crippen molar-refractivity contribution in [3.63, 3.8) is 0 Å². The summed E-state index contributed by atoms with van der Waals surface area (Å²) in [5, 5.41) is 17.7. The van der Waals surface area contributed by atoms with E-state index in [2.05, 4.69) is 26.7 Å². The number of amides is 1. The number of thiophene rings is 1. The molecule has 0 radical (unpaired) electrons. The number of nitrogens with zero attached hydrogens (tertiary/aromatic N) is 4. The van der Waals surface area contributed by atoms with Gasteiger partial charge < -0.3 is 5.32 Å². The minimum Gasteiger partial charge on any atom is -0.310 e. The van der Waals surface area contributed by atoms with Crippen molar-refractivity contribution in [3.05, 3.63) is 50.9 Å². The van der Waals surface area contributed by atoms with Gasteiger partial charge in [-0.15, -0.1) is 21.5 Å². The molecule has 1 aliphatic heterocycles. The van der Waals surface area contributed by atoms with E-state index in [1.165, 1.54) is 0 Å². The number of anilines is 1. The SMILES string of the molecule is Cc1nn(-c2ccc(Cl)nn2)c2c1[C@H](c1cccs1)CC(=O)N2. The number of carbonyl (C=O) groups is 1. The molecule has 1 atom stereocenters. The van der Waals surface area contributed by atoms with Gasteiger partial charge in [0.15, 0.2) is 11.0 Å². The smallest absolute Gasteiger partial charge is 0.226 e. The quantitative estimate of drug-likeness (QED) is 0.774. The minimum atomic E-state index is -0.0287. The lowest BCUT2D eigenvalue weighted by Gasteiger charge is -2.22. The number of hydrogen-bond donors (Lipinski definition) is 1. The number of carbonyl (C=O) groups excluding carboxylic acids is 1. The molecule has 1 N–H and O–H groups in total. The first kappa shape index (κ1) is 14.3. The Labute approximate surface area is 141 Å². The Hall–Kier alpha value is -2.25. The third kappa shape index (κ3) is 2.42. The molecule has 0 saturated carbocycles. The van der Waals surface area contributed by atoms with Crippen LogP contribution in [-0.4, -0.2) is 25.9 Å². The van der Waals surface area contributed by atoms with Crippen molar-refractivity contribution in [2.24, 2.45) is 0 Å². The highest BCUT2D eigenvalue weighted by molar-refractivity contribution is 7.10. The van der Waals surface area contributed by atoms with Crippen molar-refractivity contribution in [3.8, 4) is 5.82 Å². The number of halogens is 1. The maximum absolute atomic E-state index is 12.2. The largest absolute Gasteiger partial charge is 0.310 e. The van der Waals surface area contributed by atoms with E-state index in [9.17, 15) is 4.79 Å². The molecule has 6 nitrogen and oxygen atoms in total. The molecular formula is C15H12ClN5OS. The van der Waals surface area contributed by atoms with Gasteiger partial charge >= 0.3 is 0 Å². The predicted molar refractivity (Wildman–Crippen MR) is 88.3 cm³/mol. The van der Waals surface area contributed by atoms with E-state index >= 15 is 0 Å². The second-order valence-corrected chi connectivity index (χ2v) is 6.66. The van der Waals surface area contributed by atoms with Crippen LogP contribution >= 0.6 is 22.9 Å². The second-order valence-electron chi connectivity index (χ2n) is 5.29. The van der Waals surface area contributed by atoms with E-state index in [0.717, 1.165) is 16.1 Å². The average Bonchev–Trinajstić information content (AvgIpc) is 3.16. The lowest BCUT2D eigenvalue weighted by molar-refractivity contribution is -0.116. The van der Waals surface area contributed by atoms with Crippen molar-refractivity contribution >= 4 is 34.7 Å². The molecule has 0 fully saturated rings. The van der Waals surface area contributed by atoms with Crippen LogP contribution in [0.1, 0.15) is 28.5 Å². The summed E-state index contributed by atoms with van der Waals surface area (Å²) in [6, 6.07) is 7.42. The predicted octanol–water partition coefficient (Wildman–Crippen LogP) is 3.16.